The van der Waals surface area contributed by atoms with E-state index in [0.717, 1.165) is 51.4 Å². The van der Waals surface area contributed by atoms with Crippen LogP contribution in [0.4, 0.5) is 0 Å². The molecule has 0 aromatic heterocycles. The second-order valence-corrected chi connectivity index (χ2v) is 9.75. The van der Waals surface area contributed by atoms with Crippen molar-refractivity contribution in [3.8, 4) is 0 Å². The first-order valence-electron chi connectivity index (χ1n) is 10.0. The van der Waals surface area contributed by atoms with Gasteiger partial charge in [-0.1, -0.05) is 25.5 Å². The maximum absolute atomic E-state index is 11.2. The monoisotopic (exact) mass is 334 g/mol. The lowest BCUT2D eigenvalue weighted by Crippen LogP contribution is -2.58. The molecule has 0 heterocycles. The zero-order chi connectivity index (χ0) is 17.3. The Hall–Kier alpha value is -0.380. The molecule has 136 valence electrons. The highest BCUT2D eigenvalue weighted by molar-refractivity contribution is 5.26. The molecule has 3 fully saturated rings. The fourth-order valence-electron chi connectivity index (χ4n) is 7.38. The van der Waals surface area contributed by atoms with Crippen molar-refractivity contribution in [2.24, 2.45) is 28.6 Å². The summed E-state index contributed by atoms with van der Waals surface area (Å²) < 4.78 is 0. The molecule has 24 heavy (non-hydrogen) atoms. The van der Waals surface area contributed by atoms with Crippen molar-refractivity contribution in [1.29, 1.82) is 0 Å². The number of rotatable bonds is 1. The second kappa shape index (κ2) is 5.31. The Morgan fingerprint density at radius 1 is 1.08 bits per heavy atom. The van der Waals surface area contributed by atoms with Crippen LogP contribution in [0.15, 0.2) is 11.6 Å². The fourth-order valence-corrected chi connectivity index (χ4v) is 7.38. The van der Waals surface area contributed by atoms with Crippen molar-refractivity contribution in [2.45, 2.75) is 89.9 Å². The van der Waals surface area contributed by atoms with Crippen molar-refractivity contribution in [3.63, 3.8) is 0 Å². The first-order chi connectivity index (χ1) is 11.2. The van der Waals surface area contributed by atoms with Crippen molar-refractivity contribution < 1.29 is 15.3 Å². The number of aliphatic hydroxyl groups excluding tert-OH is 2. The average Bonchev–Trinajstić information content (AvgIpc) is 2.81. The van der Waals surface area contributed by atoms with Gasteiger partial charge in [-0.15, -0.1) is 0 Å². The van der Waals surface area contributed by atoms with E-state index < -0.39 is 11.7 Å². The minimum atomic E-state index is -0.920. The summed E-state index contributed by atoms with van der Waals surface area (Å²) in [5.41, 5.74) is 0.665. The lowest BCUT2D eigenvalue weighted by molar-refractivity contribution is -0.170. The Kier molecular flexibility index (Phi) is 3.77. The van der Waals surface area contributed by atoms with E-state index in [1.54, 1.807) is 6.92 Å². The second-order valence-electron chi connectivity index (χ2n) is 9.75. The summed E-state index contributed by atoms with van der Waals surface area (Å²) >= 11 is 0. The molecule has 1 unspecified atom stereocenters. The van der Waals surface area contributed by atoms with Gasteiger partial charge in [0.15, 0.2) is 0 Å². The van der Waals surface area contributed by atoms with E-state index in [1.807, 2.05) is 0 Å². The van der Waals surface area contributed by atoms with Gasteiger partial charge in [0.05, 0.1) is 17.8 Å². The van der Waals surface area contributed by atoms with Gasteiger partial charge in [-0.25, -0.2) is 0 Å². The summed E-state index contributed by atoms with van der Waals surface area (Å²) in [5, 5.41) is 31.6. The first-order valence-corrected chi connectivity index (χ1v) is 10.0. The molecule has 3 nitrogen and oxygen atoms in total. The van der Waals surface area contributed by atoms with E-state index in [4.69, 9.17) is 0 Å². The van der Waals surface area contributed by atoms with Crippen molar-refractivity contribution >= 4 is 0 Å². The SMILES string of the molecule is CC(O)[C@@]1(O)CC[C@H]2[C@@H]3CC=C4C[C@H](O)CC[C@]4(C)[C@H]3CC[C@@]21C. The summed E-state index contributed by atoms with van der Waals surface area (Å²) in [6.07, 6.45) is 9.56. The molecule has 0 bridgehead atoms. The van der Waals surface area contributed by atoms with Gasteiger partial charge < -0.3 is 15.3 Å². The lowest BCUT2D eigenvalue weighted by atomic mass is 9.46. The van der Waals surface area contributed by atoms with E-state index in [-0.39, 0.29) is 16.9 Å². The van der Waals surface area contributed by atoms with E-state index in [9.17, 15) is 15.3 Å². The third-order valence-corrected chi connectivity index (χ3v) is 8.98. The molecule has 0 spiro atoms. The van der Waals surface area contributed by atoms with E-state index in [0.29, 0.717) is 17.8 Å². The molecule has 0 amide bonds. The zero-order valence-corrected chi connectivity index (χ0v) is 15.5. The fraction of sp³-hybridized carbons (Fsp3) is 0.905. The number of hydrogen-bond acceptors (Lipinski definition) is 3. The Labute approximate surface area is 146 Å². The van der Waals surface area contributed by atoms with Crippen LogP contribution >= 0.6 is 0 Å². The molecule has 0 aromatic rings. The highest BCUT2D eigenvalue weighted by Gasteiger charge is 2.64. The molecule has 8 atom stereocenters. The summed E-state index contributed by atoms with van der Waals surface area (Å²) in [7, 11) is 0. The predicted molar refractivity (Wildman–Crippen MR) is 94.3 cm³/mol. The minimum Gasteiger partial charge on any atom is -0.393 e. The van der Waals surface area contributed by atoms with Crippen LogP contribution in [0.3, 0.4) is 0 Å². The molecular formula is C21H34O3. The standard InChI is InChI=1S/C21H34O3/c1-13(22)21(24)11-8-18-16-5-4-14-12-15(23)6-9-19(14,2)17(16)7-10-20(18,21)3/h4,13,15-18,22-24H,5-12H2,1-3H3/t13?,15-,16-,17+,18+,19+,20+,21+/m1/s1. The smallest absolute Gasteiger partial charge is 0.0958 e. The molecule has 4 rings (SSSR count). The van der Waals surface area contributed by atoms with Crippen molar-refractivity contribution in [3.05, 3.63) is 11.6 Å². The van der Waals surface area contributed by atoms with Gasteiger partial charge in [0, 0.05) is 5.41 Å². The third kappa shape index (κ3) is 2.01. The molecule has 3 heteroatoms. The van der Waals surface area contributed by atoms with Crippen LogP contribution in [0.5, 0.6) is 0 Å². The van der Waals surface area contributed by atoms with Crippen LogP contribution in [0.2, 0.25) is 0 Å². The molecular weight excluding hydrogens is 300 g/mol. The summed E-state index contributed by atoms with van der Waals surface area (Å²) in [5.74, 6) is 1.82. The highest BCUT2D eigenvalue weighted by atomic mass is 16.3. The van der Waals surface area contributed by atoms with Gasteiger partial charge in [-0.3, -0.25) is 0 Å². The topological polar surface area (TPSA) is 60.7 Å². The van der Waals surface area contributed by atoms with Gasteiger partial charge in [0.1, 0.15) is 0 Å². The van der Waals surface area contributed by atoms with Crippen LogP contribution < -0.4 is 0 Å². The molecule has 3 saturated carbocycles. The zero-order valence-electron chi connectivity index (χ0n) is 15.5. The van der Waals surface area contributed by atoms with E-state index >= 15 is 0 Å². The average molecular weight is 335 g/mol. The Morgan fingerprint density at radius 3 is 2.50 bits per heavy atom. The molecule has 0 radical (unpaired) electrons. The lowest BCUT2D eigenvalue weighted by Gasteiger charge is -2.59. The van der Waals surface area contributed by atoms with Gasteiger partial charge in [0.2, 0.25) is 0 Å². The number of hydrogen-bond donors (Lipinski definition) is 3. The Morgan fingerprint density at radius 2 is 1.79 bits per heavy atom. The van der Waals surface area contributed by atoms with Crippen LogP contribution in [0.1, 0.15) is 72.1 Å². The van der Waals surface area contributed by atoms with Crippen LogP contribution in [-0.2, 0) is 0 Å². The van der Waals surface area contributed by atoms with Gasteiger partial charge in [-0.2, -0.15) is 0 Å². The van der Waals surface area contributed by atoms with Crippen LogP contribution in [0, 0.1) is 28.6 Å². The van der Waals surface area contributed by atoms with E-state index in [1.165, 1.54) is 5.57 Å². The molecule has 0 aromatic carbocycles. The first kappa shape index (κ1) is 17.1. The summed E-state index contributed by atoms with van der Waals surface area (Å²) in [4.78, 5) is 0. The molecule has 0 aliphatic heterocycles. The summed E-state index contributed by atoms with van der Waals surface area (Å²) in [6, 6.07) is 0. The van der Waals surface area contributed by atoms with Crippen LogP contribution in [-0.4, -0.2) is 33.1 Å². The number of fused-ring (bicyclic) bond motifs is 5. The predicted octanol–water partition coefficient (Wildman–Crippen LogP) is 3.42. The third-order valence-electron chi connectivity index (χ3n) is 8.98. The molecule has 3 N–H and O–H groups in total. The Bertz CT molecular complexity index is 555. The van der Waals surface area contributed by atoms with Crippen LogP contribution in [0.25, 0.3) is 0 Å². The van der Waals surface area contributed by atoms with Gasteiger partial charge in [-0.05, 0) is 81.5 Å². The molecule has 0 saturated heterocycles. The van der Waals surface area contributed by atoms with Gasteiger partial charge in [0.25, 0.3) is 0 Å². The van der Waals surface area contributed by atoms with Crippen molar-refractivity contribution in [1.82, 2.24) is 0 Å². The quantitative estimate of drug-likeness (QED) is 0.644. The molecule has 4 aliphatic carbocycles. The molecule has 4 aliphatic rings. The largest absolute Gasteiger partial charge is 0.393 e. The Balaban J connectivity index is 1.68. The number of allylic oxidation sites excluding steroid dienone is 1. The maximum atomic E-state index is 11.2. The maximum Gasteiger partial charge on any atom is 0.0958 e. The normalized spacial score (nSPS) is 55.2. The number of aliphatic hydroxyl groups is 3. The summed E-state index contributed by atoms with van der Waals surface area (Å²) in [6.45, 7) is 6.43. The van der Waals surface area contributed by atoms with Gasteiger partial charge >= 0.3 is 0 Å². The highest BCUT2D eigenvalue weighted by Crippen LogP contribution is 2.67. The van der Waals surface area contributed by atoms with Crippen molar-refractivity contribution in [2.75, 3.05) is 0 Å². The minimum absolute atomic E-state index is 0.151. The van der Waals surface area contributed by atoms with E-state index in [2.05, 4.69) is 19.9 Å².